The molecule has 1 fully saturated rings. The second-order valence-electron chi connectivity index (χ2n) is 6.80. The average molecular weight is 388 g/mol. The number of rotatable bonds is 6. The number of aromatic nitrogens is 1. The number of nitrogens with zero attached hydrogens (tertiary/aromatic N) is 1. The number of halogens is 1. The van der Waals surface area contributed by atoms with E-state index in [-0.39, 0.29) is 5.41 Å². The van der Waals surface area contributed by atoms with Crippen molar-refractivity contribution in [3.8, 4) is 5.88 Å². The molecule has 2 nitrogen and oxygen atoms in total. The Bertz CT molecular complexity index is 797. The number of ether oxygens (including phenoxy) is 1. The molecule has 1 heterocycles. The minimum atomic E-state index is 0.0545. The Hall–Kier alpha value is -1.45. The fourth-order valence-electron chi connectivity index (χ4n) is 3.80. The Morgan fingerprint density at radius 3 is 2.62 bits per heavy atom. The molecule has 0 unspecified atom stereocenters. The normalized spacial score (nSPS) is 16.3. The van der Waals surface area contributed by atoms with E-state index in [4.69, 9.17) is 16.3 Å². The zero-order valence-electron chi connectivity index (χ0n) is 15.7. The molecule has 1 aromatic carbocycles. The molecule has 2 aromatic rings. The fraction of sp³-hybridized carbons (Fsp3) is 0.409. The van der Waals surface area contributed by atoms with Crippen LogP contribution in [0, 0.1) is 0 Å². The maximum absolute atomic E-state index is 6.49. The van der Waals surface area contributed by atoms with Crippen LogP contribution < -0.4 is 4.74 Å². The van der Waals surface area contributed by atoms with Gasteiger partial charge in [0.1, 0.15) is 0 Å². The first-order valence-electron chi connectivity index (χ1n) is 9.19. The first-order chi connectivity index (χ1) is 12.6. The Balaban J connectivity index is 1.93. The van der Waals surface area contributed by atoms with Gasteiger partial charge in [0, 0.05) is 15.9 Å². The quantitative estimate of drug-likeness (QED) is 0.524. The van der Waals surface area contributed by atoms with Crippen LogP contribution in [0.1, 0.15) is 49.4 Å². The first-order valence-corrected chi connectivity index (χ1v) is 10.8. The van der Waals surface area contributed by atoms with Crippen LogP contribution in [0.3, 0.4) is 0 Å². The zero-order chi connectivity index (χ0) is 18.6. The fourth-order valence-corrected chi connectivity index (χ4v) is 4.67. The molecule has 138 valence electrons. The highest BCUT2D eigenvalue weighted by Gasteiger charge is 2.33. The van der Waals surface area contributed by atoms with Gasteiger partial charge in [0.2, 0.25) is 5.88 Å². The van der Waals surface area contributed by atoms with E-state index in [9.17, 15) is 0 Å². The topological polar surface area (TPSA) is 22.1 Å². The van der Waals surface area contributed by atoms with E-state index in [2.05, 4.69) is 60.6 Å². The maximum Gasteiger partial charge on any atom is 0.216 e. The standard InChI is InChI=1S/C22H26ClNOS/c1-4-16-7-9-18(24-21(16)25-2)11-14-22(12-5-6-13-22)17-8-10-20(26-3)19(23)15-17/h7-11,14-15H,4-6,12-13H2,1-3H3/b14-11+. The van der Waals surface area contributed by atoms with E-state index in [1.54, 1.807) is 18.9 Å². The third-order valence-electron chi connectivity index (χ3n) is 5.33. The summed E-state index contributed by atoms with van der Waals surface area (Å²) < 4.78 is 5.43. The summed E-state index contributed by atoms with van der Waals surface area (Å²) in [6.07, 6.45) is 12.3. The summed E-state index contributed by atoms with van der Waals surface area (Å²) in [5.41, 5.74) is 3.45. The molecular formula is C22H26ClNOS. The molecule has 3 rings (SSSR count). The van der Waals surface area contributed by atoms with Crippen molar-refractivity contribution in [2.75, 3.05) is 13.4 Å². The summed E-state index contributed by atoms with van der Waals surface area (Å²) in [4.78, 5) is 5.79. The van der Waals surface area contributed by atoms with Crippen LogP contribution in [0.25, 0.3) is 6.08 Å². The molecule has 1 aromatic heterocycles. The van der Waals surface area contributed by atoms with Crippen molar-refractivity contribution in [2.24, 2.45) is 0 Å². The SMILES string of the molecule is CCc1ccc(/C=C/C2(c3ccc(SC)c(Cl)c3)CCCC2)nc1OC. The van der Waals surface area contributed by atoms with Crippen LogP contribution >= 0.6 is 23.4 Å². The molecule has 0 spiro atoms. The summed E-state index contributed by atoms with van der Waals surface area (Å²) in [5.74, 6) is 0.725. The van der Waals surface area contributed by atoms with Crippen molar-refractivity contribution in [2.45, 2.75) is 49.3 Å². The summed E-state index contributed by atoms with van der Waals surface area (Å²) in [6, 6.07) is 10.7. The molecule has 0 bridgehead atoms. The highest BCUT2D eigenvalue weighted by atomic mass is 35.5. The zero-order valence-corrected chi connectivity index (χ0v) is 17.3. The van der Waals surface area contributed by atoms with Gasteiger partial charge in [-0.25, -0.2) is 4.98 Å². The van der Waals surface area contributed by atoms with E-state index >= 15 is 0 Å². The van der Waals surface area contributed by atoms with Gasteiger partial charge >= 0.3 is 0 Å². The molecule has 0 radical (unpaired) electrons. The molecule has 0 N–H and O–H groups in total. The number of allylic oxidation sites excluding steroid dienone is 1. The Morgan fingerprint density at radius 2 is 2.00 bits per heavy atom. The van der Waals surface area contributed by atoms with Crippen LogP contribution in [0.4, 0.5) is 0 Å². The molecule has 1 aliphatic rings. The van der Waals surface area contributed by atoms with E-state index in [0.29, 0.717) is 0 Å². The lowest BCUT2D eigenvalue weighted by Gasteiger charge is -2.26. The molecule has 1 saturated carbocycles. The average Bonchev–Trinajstić information content (AvgIpc) is 3.16. The Labute approximate surface area is 166 Å². The Morgan fingerprint density at radius 1 is 1.23 bits per heavy atom. The van der Waals surface area contributed by atoms with Crippen molar-refractivity contribution in [3.63, 3.8) is 0 Å². The summed E-state index contributed by atoms with van der Waals surface area (Å²) in [6.45, 7) is 2.12. The summed E-state index contributed by atoms with van der Waals surface area (Å²) in [5, 5.41) is 0.849. The van der Waals surface area contributed by atoms with Gasteiger partial charge in [-0.05, 0) is 55.4 Å². The first kappa shape index (κ1) is 19.3. The third kappa shape index (κ3) is 3.94. The van der Waals surface area contributed by atoms with E-state index in [1.807, 2.05) is 0 Å². The lowest BCUT2D eigenvalue weighted by atomic mass is 9.78. The van der Waals surface area contributed by atoms with Crippen molar-refractivity contribution in [1.29, 1.82) is 0 Å². The van der Waals surface area contributed by atoms with Gasteiger partial charge in [-0.1, -0.05) is 49.6 Å². The van der Waals surface area contributed by atoms with Crippen LogP contribution in [-0.4, -0.2) is 18.3 Å². The number of thioether (sulfide) groups is 1. The Kier molecular flexibility index (Phi) is 6.31. The van der Waals surface area contributed by atoms with Crippen LogP contribution in [0.15, 0.2) is 41.3 Å². The third-order valence-corrected chi connectivity index (χ3v) is 6.55. The smallest absolute Gasteiger partial charge is 0.216 e. The lowest BCUT2D eigenvalue weighted by molar-refractivity contribution is 0.392. The number of pyridine rings is 1. The van der Waals surface area contributed by atoms with Gasteiger partial charge in [0.15, 0.2) is 0 Å². The predicted octanol–water partition coefficient (Wildman–Crippen LogP) is 6.55. The lowest BCUT2D eigenvalue weighted by Crippen LogP contribution is -2.18. The van der Waals surface area contributed by atoms with Gasteiger partial charge in [-0.2, -0.15) is 0 Å². The van der Waals surface area contributed by atoms with Gasteiger partial charge < -0.3 is 4.74 Å². The van der Waals surface area contributed by atoms with Gasteiger partial charge in [-0.3, -0.25) is 0 Å². The molecule has 1 aliphatic carbocycles. The molecule has 0 aliphatic heterocycles. The molecule has 0 atom stereocenters. The largest absolute Gasteiger partial charge is 0.481 e. The number of methoxy groups -OCH3 is 1. The highest BCUT2D eigenvalue weighted by Crippen LogP contribution is 2.44. The second kappa shape index (κ2) is 8.49. The molecule has 26 heavy (non-hydrogen) atoms. The van der Waals surface area contributed by atoms with E-state index in [1.165, 1.54) is 18.4 Å². The van der Waals surface area contributed by atoms with Crippen molar-refractivity contribution in [3.05, 3.63) is 58.3 Å². The van der Waals surface area contributed by atoms with Crippen LogP contribution in [0.2, 0.25) is 5.02 Å². The van der Waals surface area contributed by atoms with Gasteiger partial charge in [-0.15, -0.1) is 11.8 Å². The molecule has 0 saturated heterocycles. The minimum Gasteiger partial charge on any atom is -0.481 e. The molecular weight excluding hydrogens is 362 g/mol. The summed E-state index contributed by atoms with van der Waals surface area (Å²) >= 11 is 8.18. The number of hydrogen-bond donors (Lipinski definition) is 0. The van der Waals surface area contributed by atoms with Gasteiger partial charge in [0.25, 0.3) is 0 Å². The number of benzene rings is 1. The van der Waals surface area contributed by atoms with Crippen molar-refractivity contribution >= 4 is 29.4 Å². The minimum absolute atomic E-state index is 0.0545. The monoisotopic (exact) mass is 387 g/mol. The van der Waals surface area contributed by atoms with E-state index < -0.39 is 0 Å². The van der Waals surface area contributed by atoms with Crippen LogP contribution in [-0.2, 0) is 11.8 Å². The molecule has 0 amide bonds. The number of aryl methyl sites for hydroxylation is 1. The van der Waals surface area contributed by atoms with E-state index in [0.717, 1.165) is 46.3 Å². The highest BCUT2D eigenvalue weighted by molar-refractivity contribution is 7.98. The summed E-state index contributed by atoms with van der Waals surface area (Å²) in [7, 11) is 1.68. The van der Waals surface area contributed by atoms with Crippen molar-refractivity contribution in [1.82, 2.24) is 4.98 Å². The van der Waals surface area contributed by atoms with Crippen LogP contribution in [0.5, 0.6) is 5.88 Å². The van der Waals surface area contributed by atoms with Gasteiger partial charge in [0.05, 0.1) is 17.8 Å². The molecule has 4 heteroatoms. The van der Waals surface area contributed by atoms with Crippen molar-refractivity contribution < 1.29 is 4.74 Å². The predicted molar refractivity (Wildman–Crippen MR) is 113 cm³/mol. The number of hydrogen-bond acceptors (Lipinski definition) is 3. The maximum atomic E-state index is 6.49. The second-order valence-corrected chi connectivity index (χ2v) is 8.06.